The van der Waals surface area contributed by atoms with E-state index >= 15 is 0 Å². The molecule has 0 spiro atoms. The molecule has 0 unspecified atom stereocenters. The Balaban J connectivity index is 2.48. The van der Waals surface area contributed by atoms with Crippen LogP contribution in [0.25, 0.3) is 0 Å². The predicted molar refractivity (Wildman–Crippen MR) is 66.4 cm³/mol. The van der Waals surface area contributed by atoms with Crippen LogP contribution in [-0.2, 0) is 18.3 Å². The SMILES string of the molecule is CC(C)(C)c1cccc2c1CCCCC2. The van der Waals surface area contributed by atoms with Gasteiger partial charge >= 0.3 is 0 Å². The second kappa shape index (κ2) is 4.00. The summed E-state index contributed by atoms with van der Waals surface area (Å²) in [5, 5.41) is 0. The fraction of sp³-hybridized carbons (Fsp3) is 0.600. The summed E-state index contributed by atoms with van der Waals surface area (Å²) in [5.41, 5.74) is 5.14. The topological polar surface area (TPSA) is 0 Å². The van der Waals surface area contributed by atoms with Gasteiger partial charge in [-0.25, -0.2) is 0 Å². The number of benzene rings is 1. The van der Waals surface area contributed by atoms with E-state index in [1.165, 1.54) is 32.1 Å². The number of hydrogen-bond acceptors (Lipinski definition) is 0. The van der Waals surface area contributed by atoms with Gasteiger partial charge in [0.1, 0.15) is 0 Å². The number of fused-ring (bicyclic) bond motifs is 1. The molecular formula is C15H22. The highest BCUT2D eigenvalue weighted by Crippen LogP contribution is 2.31. The molecule has 0 heterocycles. The van der Waals surface area contributed by atoms with Crippen LogP contribution < -0.4 is 0 Å². The molecule has 0 bridgehead atoms. The zero-order valence-corrected chi connectivity index (χ0v) is 10.3. The minimum atomic E-state index is 0.301. The molecule has 1 aliphatic carbocycles. The Morgan fingerprint density at radius 3 is 2.40 bits per heavy atom. The maximum Gasteiger partial charge on any atom is -0.0129 e. The monoisotopic (exact) mass is 202 g/mol. The highest BCUT2D eigenvalue weighted by molar-refractivity contribution is 5.40. The van der Waals surface area contributed by atoms with Crippen molar-refractivity contribution in [3.8, 4) is 0 Å². The van der Waals surface area contributed by atoms with Gasteiger partial charge in [-0.3, -0.25) is 0 Å². The Hall–Kier alpha value is -0.780. The van der Waals surface area contributed by atoms with Crippen LogP contribution in [-0.4, -0.2) is 0 Å². The van der Waals surface area contributed by atoms with E-state index in [1.807, 2.05) is 0 Å². The first kappa shape index (κ1) is 10.7. The first-order valence-corrected chi connectivity index (χ1v) is 6.20. The number of rotatable bonds is 0. The molecule has 1 aliphatic rings. The van der Waals surface area contributed by atoms with E-state index < -0.39 is 0 Å². The van der Waals surface area contributed by atoms with E-state index in [1.54, 1.807) is 16.7 Å². The van der Waals surface area contributed by atoms with Crippen molar-refractivity contribution in [2.75, 3.05) is 0 Å². The molecule has 0 N–H and O–H groups in total. The minimum Gasteiger partial charge on any atom is -0.0617 e. The normalized spacial score (nSPS) is 17.0. The second-order valence-corrected chi connectivity index (χ2v) is 5.75. The molecule has 0 saturated heterocycles. The fourth-order valence-corrected chi connectivity index (χ4v) is 2.66. The molecule has 0 aromatic heterocycles. The van der Waals surface area contributed by atoms with Gasteiger partial charge in [-0.1, -0.05) is 45.4 Å². The molecule has 0 radical (unpaired) electrons. The van der Waals surface area contributed by atoms with Crippen LogP contribution in [0.3, 0.4) is 0 Å². The smallest absolute Gasteiger partial charge is 0.0129 e. The molecule has 0 heteroatoms. The van der Waals surface area contributed by atoms with Gasteiger partial charge in [0, 0.05) is 0 Å². The van der Waals surface area contributed by atoms with Crippen molar-refractivity contribution in [2.24, 2.45) is 0 Å². The van der Waals surface area contributed by atoms with E-state index in [9.17, 15) is 0 Å². The van der Waals surface area contributed by atoms with Crippen LogP contribution in [0.1, 0.15) is 56.7 Å². The molecule has 0 aliphatic heterocycles. The first-order chi connectivity index (χ1) is 7.09. The summed E-state index contributed by atoms with van der Waals surface area (Å²) < 4.78 is 0. The summed E-state index contributed by atoms with van der Waals surface area (Å²) in [7, 11) is 0. The summed E-state index contributed by atoms with van der Waals surface area (Å²) in [6, 6.07) is 6.89. The van der Waals surface area contributed by atoms with Crippen molar-refractivity contribution >= 4 is 0 Å². The Kier molecular flexibility index (Phi) is 2.86. The van der Waals surface area contributed by atoms with E-state index in [0.29, 0.717) is 5.41 Å². The van der Waals surface area contributed by atoms with Gasteiger partial charge < -0.3 is 0 Å². The van der Waals surface area contributed by atoms with Crippen molar-refractivity contribution < 1.29 is 0 Å². The van der Waals surface area contributed by atoms with E-state index in [4.69, 9.17) is 0 Å². The molecule has 0 amide bonds. The molecule has 82 valence electrons. The Labute approximate surface area is 93.7 Å². The highest BCUT2D eigenvalue weighted by Gasteiger charge is 2.20. The summed E-state index contributed by atoms with van der Waals surface area (Å²) in [4.78, 5) is 0. The Morgan fingerprint density at radius 1 is 0.933 bits per heavy atom. The van der Waals surface area contributed by atoms with Gasteiger partial charge in [-0.15, -0.1) is 0 Å². The van der Waals surface area contributed by atoms with Crippen molar-refractivity contribution in [3.63, 3.8) is 0 Å². The molecule has 1 aromatic carbocycles. The summed E-state index contributed by atoms with van der Waals surface area (Å²) >= 11 is 0. The summed E-state index contributed by atoms with van der Waals surface area (Å²) in [6.45, 7) is 6.98. The zero-order chi connectivity index (χ0) is 10.9. The first-order valence-electron chi connectivity index (χ1n) is 6.20. The number of hydrogen-bond donors (Lipinski definition) is 0. The fourth-order valence-electron chi connectivity index (χ4n) is 2.66. The van der Waals surface area contributed by atoms with Gasteiger partial charge in [-0.2, -0.15) is 0 Å². The van der Waals surface area contributed by atoms with Crippen molar-refractivity contribution in [1.29, 1.82) is 0 Å². The maximum atomic E-state index is 2.33. The molecular weight excluding hydrogens is 180 g/mol. The van der Waals surface area contributed by atoms with Gasteiger partial charge in [0.15, 0.2) is 0 Å². The predicted octanol–water partition coefficient (Wildman–Crippen LogP) is 4.25. The van der Waals surface area contributed by atoms with Crippen LogP contribution in [0.15, 0.2) is 18.2 Å². The summed E-state index contributed by atoms with van der Waals surface area (Å²) in [6.07, 6.45) is 6.74. The largest absolute Gasteiger partial charge is 0.0617 e. The van der Waals surface area contributed by atoms with Gasteiger partial charge in [-0.05, 0) is 47.8 Å². The summed E-state index contributed by atoms with van der Waals surface area (Å²) in [5.74, 6) is 0. The van der Waals surface area contributed by atoms with Gasteiger partial charge in [0.25, 0.3) is 0 Å². The quantitative estimate of drug-likeness (QED) is 0.552. The van der Waals surface area contributed by atoms with Crippen molar-refractivity contribution in [2.45, 2.75) is 58.3 Å². The lowest BCUT2D eigenvalue weighted by Gasteiger charge is -2.24. The molecule has 0 fully saturated rings. The lowest BCUT2D eigenvalue weighted by atomic mass is 9.81. The lowest BCUT2D eigenvalue weighted by Crippen LogP contribution is -2.15. The van der Waals surface area contributed by atoms with Crippen molar-refractivity contribution in [1.82, 2.24) is 0 Å². The van der Waals surface area contributed by atoms with Crippen LogP contribution in [0.4, 0.5) is 0 Å². The third kappa shape index (κ3) is 2.25. The Morgan fingerprint density at radius 2 is 1.67 bits per heavy atom. The third-order valence-corrected chi connectivity index (χ3v) is 3.45. The average molecular weight is 202 g/mol. The highest BCUT2D eigenvalue weighted by atomic mass is 14.2. The molecule has 0 atom stereocenters. The standard InChI is InChI=1S/C15H22/c1-15(2,3)14-11-7-9-12-8-5-4-6-10-13(12)14/h7,9,11H,4-6,8,10H2,1-3H3. The minimum absolute atomic E-state index is 0.301. The second-order valence-electron chi connectivity index (χ2n) is 5.75. The van der Waals surface area contributed by atoms with Crippen LogP contribution in [0.5, 0.6) is 0 Å². The van der Waals surface area contributed by atoms with E-state index in [2.05, 4.69) is 39.0 Å². The van der Waals surface area contributed by atoms with E-state index in [0.717, 1.165) is 0 Å². The maximum absolute atomic E-state index is 2.33. The molecule has 2 rings (SSSR count). The molecule has 15 heavy (non-hydrogen) atoms. The third-order valence-electron chi connectivity index (χ3n) is 3.45. The lowest BCUT2D eigenvalue weighted by molar-refractivity contribution is 0.580. The van der Waals surface area contributed by atoms with Crippen LogP contribution in [0.2, 0.25) is 0 Å². The van der Waals surface area contributed by atoms with Gasteiger partial charge in [0.05, 0.1) is 0 Å². The number of aryl methyl sites for hydroxylation is 1. The molecule has 1 aromatic rings. The van der Waals surface area contributed by atoms with E-state index in [-0.39, 0.29) is 0 Å². The molecule has 0 saturated carbocycles. The Bertz CT molecular complexity index is 342. The van der Waals surface area contributed by atoms with Crippen molar-refractivity contribution in [3.05, 3.63) is 34.9 Å². The zero-order valence-electron chi connectivity index (χ0n) is 10.3. The van der Waals surface area contributed by atoms with Gasteiger partial charge in [0.2, 0.25) is 0 Å². The average Bonchev–Trinajstić information content (AvgIpc) is 2.39. The molecule has 0 nitrogen and oxygen atoms in total. The van der Waals surface area contributed by atoms with Crippen LogP contribution in [0, 0.1) is 0 Å². The van der Waals surface area contributed by atoms with Crippen LogP contribution >= 0.6 is 0 Å².